The maximum Gasteiger partial charge on any atom is 0.339 e. The monoisotopic (exact) mass is 374 g/mol. The molecule has 7 nitrogen and oxygen atoms in total. The fraction of sp³-hybridized carbons (Fsp3) is 0.278. The van der Waals surface area contributed by atoms with Crippen molar-refractivity contribution in [1.29, 1.82) is 0 Å². The second-order valence-electron chi connectivity index (χ2n) is 5.48. The molecule has 0 aliphatic carbocycles. The Morgan fingerprint density at radius 2 is 2.00 bits per heavy atom. The quantitative estimate of drug-likeness (QED) is 0.607. The molecule has 2 heterocycles. The van der Waals surface area contributed by atoms with E-state index < -0.39 is 5.97 Å². The lowest BCUT2D eigenvalue weighted by atomic mass is 10.2. The molecule has 0 aliphatic heterocycles. The number of methoxy groups -OCH3 is 2. The summed E-state index contributed by atoms with van der Waals surface area (Å²) in [5.41, 5.74) is 1.21. The van der Waals surface area contributed by atoms with E-state index >= 15 is 0 Å². The maximum atomic E-state index is 12.2. The van der Waals surface area contributed by atoms with Gasteiger partial charge in [0.25, 0.3) is 5.89 Å². The Morgan fingerprint density at radius 1 is 1.19 bits per heavy atom. The highest BCUT2D eigenvalue weighted by Gasteiger charge is 2.17. The van der Waals surface area contributed by atoms with Crippen molar-refractivity contribution >= 4 is 17.3 Å². The smallest absolute Gasteiger partial charge is 0.339 e. The van der Waals surface area contributed by atoms with Crippen LogP contribution in [-0.4, -0.2) is 30.3 Å². The van der Waals surface area contributed by atoms with Crippen molar-refractivity contribution in [2.75, 3.05) is 14.2 Å². The van der Waals surface area contributed by atoms with Crippen LogP contribution in [0, 0.1) is 13.8 Å². The van der Waals surface area contributed by atoms with Crippen LogP contribution in [0.4, 0.5) is 0 Å². The Labute approximate surface area is 154 Å². The summed E-state index contributed by atoms with van der Waals surface area (Å²) < 4.78 is 21.0. The third-order valence-electron chi connectivity index (χ3n) is 3.71. The van der Waals surface area contributed by atoms with E-state index in [0.29, 0.717) is 28.5 Å². The molecule has 0 spiro atoms. The van der Waals surface area contributed by atoms with E-state index in [9.17, 15) is 4.79 Å². The van der Waals surface area contributed by atoms with Gasteiger partial charge in [-0.25, -0.2) is 4.79 Å². The number of thiophene rings is 1. The minimum atomic E-state index is -0.409. The lowest BCUT2D eigenvalue weighted by Crippen LogP contribution is -2.05. The van der Waals surface area contributed by atoms with E-state index in [4.69, 9.17) is 18.7 Å². The van der Waals surface area contributed by atoms with Crippen molar-refractivity contribution in [3.05, 3.63) is 45.5 Å². The fourth-order valence-electron chi connectivity index (χ4n) is 2.44. The Kier molecular flexibility index (Phi) is 5.22. The van der Waals surface area contributed by atoms with Crippen LogP contribution in [-0.2, 0) is 11.3 Å². The van der Waals surface area contributed by atoms with Crippen LogP contribution in [0.5, 0.6) is 11.5 Å². The predicted molar refractivity (Wildman–Crippen MR) is 95.8 cm³/mol. The highest BCUT2D eigenvalue weighted by Crippen LogP contribution is 2.31. The summed E-state index contributed by atoms with van der Waals surface area (Å²) in [5.74, 6) is 1.35. The van der Waals surface area contributed by atoms with Crippen molar-refractivity contribution < 1.29 is 23.5 Å². The molecule has 3 aromatic rings. The zero-order valence-corrected chi connectivity index (χ0v) is 15.7. The zero-order chi connectivity index (χ0) is 18.7. The summed E-state index contributed by atoms with van der Waals surface area (Å²) in [5, 5.41) is 3.93. The van der Waals surface area contributed by atoms with Crippen LogP contribution in [0.25, 0.3) is 11.4 Å². The molecule has 0 saturated heterocycles. The number of ether oxygens (including phenoxy) is 3. The molecule has 0 fully saturated rings. The molecule has 0 unspecified atom stereocenters. The molecule has 0 atom stereocenters. The van der Waals surface area contributed by atoms with Crippen molar-refractivity contribution in [1.82, 2.24) is 10.1 Å². The second kappa shape index (κ2) is 7.57. The first-order valence-corrected chi connectivity index (χ1v) is 8.62. The van der Waals surface area contributed by atoms with Crippen LogP contribution in [0.3, 0.4) is 0 Å². The third-order valence-corrected chi connectivity index (χ3v) is 4.67. The Balaban J connectivity index is 1.72. The molecular weight excluding hydrogens is 356 g/mol. The van der Waals surface area contributed by atoms with Crippen molar-refractivity contribution in [3.8, 4) is 22.9 Å². The number of esters is 1. The molecule has 0 radical (unpaired) electrons. The van der Waals surface area contributed by atoms with Gasteiger partial charge < -0.3 is 18.7 Å². The van der Waals surface area contributed by atoms with Crippen LogP contribution in [0.1, 0.15) is 26.0 Å². The third kappa shape index (κ3) is 3.70. The van der Waals surface area contributed by atoms with Crippen molar-refractivity contribution in [3.63, 3.8) is 0 Å². The number of nitrogens with zero attached hydrogens (tertiary/aromatic N) is 2. The highest BCUT2D eigenvalue weighted by molar-refractivity contribution is 7.12. The van der Waals surface area contributed by atoms with Gasteiger partial charge in [0, 0.05) is 15.8 Å². The average Bonchev–Trinajstić information content (AvgIpc) is 3.25. The van der Waals surface area contributed by atoms with E-state index in [0.717, 1.165) is 9.75 Å². The summed E-state index contributed by atoms with van der Waals surface area (Å²) >= 11 is 1.55. The Hall–Kier alpha value is -2.87. The molecular formula is C18H18N2O5S. The summed E-state index contributed by atoms with van der Waals surface area (Å²) in [7, 11) is 3.12. The number of carbonyl (C=O) groups excluding carboxylic acids is 1. The number of benzene rings is 1. The molecule has 8 heteroatoms. The summed E-state index contributed by atoms with van der Waals surface area (Å²) in [6.45, 7) is 3.73. The first-order valence-electron chi connectivity index (χ1n) is 7.81. The van der Waals surface area contributed by atoms with Crippen molar-refractivity contribution in [2.45, 2.75) is 20.5 Å². The van der Waals surface area contributed by atoms with Gasteiger partial charge in [0.1, 0.15) is 11.5 Å². The van der Waals surface area contributed by atoms with Gasteiger partial charge in [-0.15, -0.1) is 11.3 Å². The number of hydrogen-bond donors (Lipinski definition) is 0. The standard InChI is InChI=1S/C18H18N2O5S/c1-10-7-14(11(2)26-10)18(21)24-9-16-19-17(20-25-16)13-6-5-12(22-3)8-15(13)23-4/h5-8H,9H2,1-4H3. The largest absolute Gasteiger partial charge is 0.497 e. The molecule has 26 heavy (non-hydrogen) atoms. The molecule has 2 aromatic heterocycles. The Morgan fingerprint density at radius 3 is 2.65 bits per heavy atom. The minimum absolute atomic E-state index is 0.0986. The van der Waals surface area contributed by atoms with Gasteiger partial charge in [-0.2, -0.15) is 4.98 Å². The highest BCUT2D eigenvalue weighted by atomic mass is 32.1. The normalized spacial score (nSPS) is 10.6. The van der Waals surface area contributed by atoms with E-state index in [1.807, 2.05) is 19.9 Å². The van der Waals surface area contributed by atoms with E-state index in [1.165, 1.54) is 0 Å². The van der Waals surface area contributed by atoms with Gasteiger partial charge in [-0.05, 0) is 32.0 Å². The van der Waals surface area contributed by atoms with Crippen molar-refractivity contribution in [2.24, 2.45) is 0 Å². The van der Waals surface area contributed by atoms with Crippen LogP contribution >= 0.6 is 11.3 Å². The Bertz CT molecular complexity index is 932. The molecule has 1 aromatic carbocycles. The van der Waals surface area contributed by atoms with E-state index in [1.54, 1.807) is 43.8 Å². The van der Waals surface area contributed by atoms with Gasteiger partial charge >= 0.3 is 5.97 Å². The lowest BCUT2D eigenvalue weighted by Gasteiger charge is -2.07. The van der Waals surface area contributed by atoms with Crippen LogP contribution < -0.4 is 9.47 Å². The van der Waals surface area contributed by atoms with Crippen LogP contribution in [0.2, 0.25) is 0 Å². The maximum absolute atomic E-state index is 12.2. The molecule has 0 bridgehead atoms. The molecule has 3 rings (SSSR count). The van der Waals surface area contributed by atoms with Gasteiger partial charge in [-0.3, -0.25) is 0 Å². The topological polar surface area (TPSA) is 83.7 Å². The zero-order valence-electron chi connectivity index (χ0n) is 14.9. The lowest BCUT2D eigenvalue weighted by molar-refractivity contribution is 0.0429. The molecule has 0 amide bonds. The number of carbonyl (C=O) groups is 1. The summed E-state index contributed by atoms with van der Waals surface area (Å²) in [6, 6.07) is 7.09. The average molecular weight is 374 g/mol. The van der Waals surface area contributed by atoms with Gasteiger partial charge in [0.2, 0.25) is 5.82 Å². The second-order valence-corrected chi connectivity index (χ2v) is 6.94. The number of aromatic nitrogens is 2. The molecule has 0 N–H and O–H groups in total. The van der Waals surface area contributed by atoms with Gasteiger partial charge in [0.05, 0.1) is 25.3 Å². The SMILES string of the molecule is COc1ccc(-c2noc(COC(=O)c3cc(C)sc3C)n2)c(OC)c1. The van der Waals surface area contributed by atoms with E-state index in [-0.39, 0.29) is 12.5 Å². The number of aryl methyl sites for hydroxylation is 2. The predicted octanol–water partition coefficient (Wildman–Crippen LogP) is 3.79. The van der Waals surface area contributed by atoms with Gasteiger partial charge in [0.15, 0.2) is 6.61 Å². The first-order chi connectivity index (χ1) is 12.5. The summed E-state index contributed by atoms with van der Waals surface area (Å²) in [6.07, 6.45) is 0. The number of hydrogen-bond acceptors (Lipinski definition) is 8. The fourth-order valence-corrected chi connectivity index (χ4v) is 3.36. The molecule has 0 aliphatic rings. The number of rotatable bonds is 6. The first kappa shape index (κ1) is 17.9. The summed E-state index contributed by atoms with van der Waals surface area (Å²) in [4.78, 5) is 18.4. The molecule has 0 saturated carbocycles. The van der Waals surface area contributed by atoms with E-state index in [2.05, 4.69) is 10.1 Å². The van der Waals surface area contributed by atoms with Gasteiger partial charge in [-0.1, -0.05) is 5.16 Å². The minimum Gasteiger partial charge on any atom is -0.497 e. The molecule has 136 valence electrons. The van der Waals surface area contributed by atoms with Crippen LogP contribution in [0.15, 0.2) is 28.8 Å².